The lowest BCUT2D eigenvalue weighted by molar-refractivity contribution is -0.384. The van der Waals surface area contributed by atoms with Gasteiger partial charge in [0.05, 0.1) is 10.6 Å². The number of nitro groups is 1. The molecule has 94 valence electrons. The third-order valence-electron chi connectivity index (χ3n) is 2.26. The molecule has 0 heterocycles. The first-order chi connectivity index (χ1) is 8.49. The Morgan fingerprint density at radius 3 is 2.44 bits per heavy atom. The van der Waals surface area contributed by atoms with E-state index in [-0.39, 0.29) is 5.69 Å². The summed E-state index contributed by atoms with van der Waals surface area (Å²) in [5.74, 6) is 0. The van der Waals surface area contributed by atoms with Gasteiger partial charge in [-0.1, -0.05) is 11.8 Å². The predicted octanol–water partition coefficient (Wildman–Crippen LogP) is 2.63. The zero-order valence-electron chi connectivity index (χ0n) is 10.2. The molecule has 0 aliphatic carbocycles. The van der Waals surface area contributed by atoms with Crippen LogP contribution in [-0.2, 0) is 0 Å². The largest absolute Gasteiger partial charge is 0.271 e. The highest BCUT2D eigenvalue weighted by atomic mass is 32.2. The number of benzene rings is 1. The summed E-state index contributed by atoms with van der Waals surface area (Å²) in [6.07, 6.45) is 3.59. The molecule has 0 amide bonds. The number of rotatable bonds is 2. The normalized spacial score (nSPS) is 10.9. The van der Waals surface area contributed by atoms with E-state index in [0.29, 0.717) is 22.0 Å². The maximum absolute atomic E-state index is 10.7. The Hall–Kier alpha value is -2.07. The van der Waals surface area contributed by atoms with E-state index in [1.807, 2.05) is 0 Å². The van der Waals surface area contributed by atoms with Gasteiger partial charge in [-0.2, -0.15) is 5.26 Å². The number of nitriles is 1. The number of aliphatic imine (C=N–C) groups is 1. The molecule has 0 atom stereocenters. The standard InChI is InChI=1S/C11H12N4O2S/c1-7-4-9(15(16)17)5-8(2)10(7)14-11(18-3)13-6-12/h4-5H,1-3H3,(H,13,14). The summed E-state index contributed by atoms with van der Waals surface area (Å²) < 4.78 is 0. The van der Waals surface area contributed by atoms with E-state index in [1.165, 1.54) is 23.9 Å². The van der Waals surface area contributed by atoms with Crippen molar-refractivity contribution < 1.29 is 4.92 Å². The fourth-order valence-electron chi connectivity index (χ4n) is 1.49. The number of nitro benzene ring substituents is 1. The summed E-state index contributed by atoms with van der Waals surface area (Å²) >= 11 is 1.30. The second-order valence-corrected chi connectivity index (χ2v) is 4.34. The predicted molar refractivity (Wildman–Crippen MR) is 71.9 cm³/mol. The van der Waals surface area contributed by atoms with E-state index >= 15 is 0 Å². The number of nitrogens with zero attached hydrogens (tertiary/aromatic N) is 3. The van der Waals surface area contributed by atoms with Gasteiger partial charge >= 0.3 is 0 Å². The van der Waals surface area contributed by atoms with Crippen LogP contribution in [0.15, 0.2) is 17.1 Å². The van der Waals surface area contributed by atoms with Crippen LogP contribution < -0.4 is 5.32 Å². The molecule has 1 rings (SSSR count). The van der Waals surface area contributed by atoms with Crippen molar-refractivity contribution in [2.75, 3.05) is 6.26 Å². The second-order valence-electron chi connectivity index (χ2n) is 3.54. The molecule has 0 aliphatic heterocycles. The number of thioether (sulfide) groups is 1. The van der Waals surface area contributed by atoms with E-state index in [0.717, 1.165) is 0 Å². The Bertz CT molecular complexity index is 525. The SMILES string of the molecule is CSC(=Nc1c(C)cc([N+](=O)[O-])cc1C)NC#N. The highest BCUT2D eigenvalue weighted by Crippen LogP contribution is 2.29. The number of nitrogens with one attached hydrogen (secondary N) is 1. The summed E-state index contributed by atoms with van der Waals surface area (Å²) in [5.41, 5.74) is 2.09. The average Bonchev–Trinajstić information content (AvgIpc) is 2.31. The Kier molecular flexibility index (Phi) is 4.68. The molecule has 7 heteroatoms. The molecule has 6 nitrogen and oxygen atoms in total. The van der Waals surface area contributed by atoms with E-state index in [1.54, 1.807) is 26.3 Å². The van der Waals surface area contributed by atoms with E-state index in [2.05, 4.69) is 10.3 Å². The Morgan fingerprint density at radius 1 is 1.50 bits per heavy atom. The van der Waals surface area contributed by atoms with Crippen LogP contribution in [0.1, 0.15) is 11.1 Å². The van der Waals surface area contributed by atoms with Gasteiger partial charge in [0.15, 0.2) is 11.4 Å². The average molecular weight is 264 g/mol. The van der Waals surface area contributed by atoms with E-state index in [9.17, 15) is 10.1 Å². The number of non-ortho nitro benzene ring substituents is 1. The fourth-order valence-corrected chi connectivity index (χ4v) is 1.82. The summed E-state index contributed by atoms with van der Waals surface area (Å²) in [6, 6.07) is 2.94. The first-order valence-electron chi connectivity index (χ1n) is 5.03. The minimum absolute atomic E-state index is 0.0443. The Labute approximate surface area is 109 Å². The van der Waals surface area contributed by atoms with Crippen LogP contribution in [-0.4, -0.2) is 16.3 Å². The van der Waals surface area contributed by atoms with Gasteiger partial charge < -0.3 is 0 Å². The van der Waals surface area contributed by atoms with Crippen molar-refractivity contribution in [3.63, 3.8) is 0 Å². The molecule has 0 fully saturated rings. The molecule has 1 N–H and O–H groups in total. The van der Waals surface area contributed by atoms with Crippen molar-refractivity contribution in [1.82, 2.24) is 5.32 Å². The number of aryl methyl sites for hydroxylation is 2. The molecular weight excluding hydrogens is 252 g/mol. The molecule has 18 heavy (non-hydrogen) atoms. The molecule has 0 saturated carbocycles. The van der Waals surface area contributed by atoms with Crippen LogP contribution in [0.4, 0.5) is 11.4 Å². The highest BCUT2D eigenvalue weighted by Gasteiger charge is 2.12. The molecule has 0 bridgehead atoms. The van der Waals surface area contributed by atoms with Gasteiger partial charge in [-0.05, 0) is 31.2 Å². The van der Waals surface area contributed by atoms with Crippen molar-refractivity contribution >= 4 is 28.3 Å². The van der Waals surface area contributed by atoms with Crippen LogP contribution in [0.3, 0.4) is 0 Å². The van der Waals surface area contributed by atoms with Crippen molar-refractivity contribution in [3.8, 4) is 6.19 Å². The summed E-state index contributed by atoms with van der Waals surface area (Å²) in [4.78, 5) is 14.6. The van der Waals surface area contributed by atoms with Gasteiger partial charge in [0.1, 0.15) is 0 Å². The van der Waals surface area contributed by atoms with Gasteiger partial charge in [-0.15, -0.1) is 0 Å². The van der Waals surface area contributed by atoms with Gasteiger partial charge in [0.25, 0.3) is 5.69 Å². The van der Waals surface area contributed by atoms with Crippen molar-refractivity contribution in [2.45, 2.75) is 13.8 Å². The third-order valence-corrected chi connectivity index (χ3v) is 2.84. The molecular formula is C11H12N4O2S. The summed E-state index contributed by atoms with van der Waals surface area (Å²) in [5, 5.41) is 22.2. The third kappa shape index (κ3) is 3.21. The smallest absolute Gasteiger partial charge is 0.270 e. The molecule has 1 aromatic rings. The Morgan fingerprint density at radius 2 is 2.06 bits per heavy atom. The van der Waals surface area contributed by atoms with Crippen LogP contribution >= 0.6 is 11.8 Å². The molecule has 0 saturated heterocycles. The van der Waals surface area contributed by atoms with Crippen molar-refractivity contribution in [1.29, 1.82) is 5.26 Å². The zero-order chi connectivity index (χ0) is 13.7. The summed E-state index contributed by atoms with van der Waals surface area (Å²) in [6.45, 7) is 3.51. The fraction of sp³-hybridized carbons (Fsp3) is 0.273. The summed E-state index contributed by atoms with van der Waals surface area (Å²) in [7, 11) is 0. The van der Waals surface area contributed by atoms with E-state index in [4.69, 9.17) is 5.26 Å². The number of amidine groups is 1. The van der Waals surface area contributed by atoms with Gasteiger partial charge in [0, 0.05) is 12.1 Å². The molecule has 0 radical (unpaired) electrons. The van der Waals surface area contributed by atoms with Crippen LogP contribution in [0.5, 0.6) is 0 Å². The highest BCUT2D eigenvalue weighted by molar-refractivity contribution is 8.13. The molecule has 0 aromatic heterocycles. The van der Waals surface area contributed by atoms with Crippen LogP contribution in [0.25, 0.3) is 0 Å². The lowest BCUT2D eigenvalue weighted by atomic mass is 10.1. The van der Waals surface area contributed by atoms with E-state index < -0.39 is 4.92 Å². The van der Waals surface area contributed by atoms with Gasteiger partial charge in [-0.3, -0.25) is 15.4 Å². The topological polar surface area (TPSA) is 91.3 Å². The maximum atomic E-state index is 10.7. The lowest BCUT2D eigenvalue weighted by Gasteiger charge is -2.06. The van der Waals surface area contributed by atoms with Gasteiger partial charge in [-0.25, -0.2) is 4.99 Å². The second kappa shape index (κ2) is 6.02. The van der Waals surface area contributed by atoms with Crippen molar-refractivity contribution in [3.05, 3.63) is 33.4 Å². The quantitative estimate of drug-likeness (QED) is 0.221. The Balaban J connectivity index is 3.27. The van der Waals surface area contributed by atoms with Gasteiger partial charge in [0.2, 0.25) is 0 Å². The van der Waals surface area contributed by atoms with Crippen molar-refractivity contribution in [2.24, 2.45) is 4.99 Å². The molecule has 0 unspecified atom stereocenters. The monoisotopic (exact) mass is 264 g/mol. The van der Waals surface area contributed by atoms with Crippen LogP contribution in [0, 0.1) is 35.4 Å². The molecule has 0 aliphatic rings. The number of hydrogen-bond acceptors (Lipinski definition) is 5. The zero-order valence-corrected chi connectivity index (χ0v) is 11.0. The first-order valence-corrected chi connectivity index (χ1v) is 6.25. The number of hydrogen-bond donors (Lipinski definition) is 1. The minimum atomic E-state index is -0.434. The van der Waals surface area contributed by atoms with Crippen LogP contribution in [0.2, 0.25) is 0 Å². The molecule has 0 spiro atoms. The molecule has 1 aromatic carbocycles. The lowest BCUT2D eigenvalue weighted by Crippen LogP contribution is -2.12. The maximum Gasteiger partial charge on any atom is 0.270 e. The first kappa shape index (κ1) is 14.0. The minimum Gasteiger partial charge on any atom is -0.271 e.